The van der Waals surface area contributed by atoms with Gasteiger partial charge in [-0.2, -0.15) is 0 Å². The smallest absolute Gasteiger partial charge is 0.345 e. The van der Waals surface area contributed by atoms with Crippen LogP contribution in [-0.2, 0) is 4.79 Å². The molecule has 43 heavy (non-hydrogen) atoms. The lowest BCUT2D eigenvalue weighted by molar-refractivity contribution is -0.121. The number of rotatable bonds is 7. The van der Waals surface area contributed by atoms with Gasteiger partial charge >= 0.3 is 5.97 Å². The maximum absolute atomic E-state index is 14.1. The Bertz CT molecular complexity index is 1800. The SMILES string of the molecule is COc1cc(OC(=O)c2ccccc2Cl)ccc1-c1ccc2c(c1C(=O)C(=O)c1ccc(C)cc1)N(C)C(=O)C(C)(C)N2. The second-order valence-electron chi connectivity index (χ2n) is 10.8. The number of aryl methyl sites for hydroxylation is 1. The van der Waals surface area contributed by atoms with E-state index in [0.717, 1.165) is 5.56 Å². The fourth-order valence-electron chi connectivity index (χ4n) is 5.10. The quantitative estimate of drug-likeness (QED) is 0.109. The van der Waals surface area contributed by atoms with Crippen molar-refractivity contribution in [2.45, 2.75) is 26.3 Å². The van der Waals surface area contributed by atoms with Crippen molar-refractivity contribution in [2.24, 2.45) is 0 Å². The maximum Gasteiger partial charge on any atom is 0.345 e. The number of nitrogens with zero attached hydrogens (tertiary/aromatic N) is 1. The number of hydrogen-bond donors (Lipinski definition) is 1. The molecule has 4 aromatic rings. The number of ether oxygens (including phenoxy) is 2. The van der Waals surface area contributed by atoms with Crippen LogP contribution in [-0.4, -0.2) is 43.1 Å². The summed E-state index contributed by atoms with van der Waals surface area (Å²) < 4.78 is 11.2. The molecule has 1 aliphatic rings. The van der Waals surface area contributed by atoms with Crippen molar-refractivity contribution in [1.29, 1.82) is 0 Å². The Balaban J connectivity index is 1.64. The van der Waals surface area contributed by atoms with Crippen LogP contribution in [0.5, 0.6) is 11.5 Å². The van der Waals surface area contributed by atoms with Gasteiger partial charge in [-0.05, 0) is 56.7 Å². The molecular formula is C34H29ClN2O6. The second kappa shape index (κ2) is 11.4. The van der Waals surface area contributed by atoms with Crippen LogP contribution in [0.2, 0.25) is 5.02 Å². The molecule has 0 bridgehead atoms. The van der Waals surface area contributed by atoms with Crippen LogP contribution in [0.1, 0.15) is 50.5 Å². The normalized spacial score (nSPS) is 13.5. The first-order valence-electron chi connectivity index (χ1n) is 13.5. The van der Waals surface area contributed by atoms with Crippen molar-refractivity contribution in [2.75, 3.05) is 24.4 Å². The number of anilines is 2. The number of hydrogen-bond acceptors (Lipinski definition) is 7. The third-order valence-corrected chi connectivity index (χ3v) is 7.64. The number of fused-ring (bicyclic) bond motifs is 1. The molecule has 0 saturated heterocycles. The van der Waals surface area contributed by atoms with Crippen LogP contribution < -0.4 is 19.7 Å². The minimum Gasteiger partial charge on any atom is -0.496 e. The van der Waals surface area contributed by atoms with Gasteiger partial charge in [-0.25, -0.2) is 4.79 Å². The van der Waals surface area contributed by atoms with Crippen LogP contribution >= 0.6 is 11.6 Å². The van der Waals surface area contributed by atoms with E-state index in [1.807, 2.05) is 6.92 Å². The van der Waals surface area contributed by atoms with Gasteiger partial charge in [0.25, 0.3) is 5.91 Å². The number of Topliss-reactive ketones (excluding diaryl/α,β-unsaturated/α-hetero) is 2. The number of esters is 1. The monoisotopic (exact) mass is 596 g/mol. The van der Waals surface area contributed by atoms with E-state index in [9.17, 15) is 19.2 Å². The molecule has 1 amide bonds. The molecule has 0 radical (unpaired) electrons. The molecule has 4 aromatic carbocycles. The average molecular weight is 597 g/mol. The third-order valence-electron chi connectivity index (χ3n) is 7.31. The molecule has 8 nitrogen and oxygen atoms in total. The molecule has 0 spiro atoms. The first-order valence-corrected chi connectivity index (χ1v) is 13.8. The number of ketones is 2. The summed E-state index contributed by atoms with van der Waals surface area (Å²) in [7, 11) is 3.02. The van der Waals surface area contributed by atoms with E-state index >= 15 is 0 Å². The highest BCUT2D eigenvalue weighted by molar-refractivity contribution is 6.51. The molecular weight excluding hydrogens is 568 g/mol. The van der Waals surface area contributed by atoms with Gasteiger partial charge in [0, 0.05) is 24.2 Å². The summed E-state index contributed by atoms with van der Waals surface area (Å²) in [5, 5.41) is 3.45. The van der Waals surface area contributed by atoms with Crippen LogP contribution in [0, 0.1) is 6.92 Å². The Morgan fingerprint density at radius 1 is 0.884 bits per heavy atom. The fourth-order valence-corrected chi connectivity index (χ4v) is 5.31. The summed E-state index contributed by atoms with van der Waals surface area (Å²) in [6.07, 6.45) is 0. The van der Waals surface area contributed by atoms with E-state index in [0.29, 0.717) is 16.8 Å². The molecule has 1 heterocycles. The number of nitrogens with one attached hydrogen (secondary N) is 1. The largest absolute Gasteiger partial charge is 0.496 e. The van der Waals surface area contributed by atoms with E-state index in [-0.39, 0.29) is 44.8 Å². The number of halogens is 1. The average Bonchev–Trinajstić information content (AvgIpc) is 2.99. The molecule has 0 unspecified atom stereocenters. The van der Waals surface area contributed by atoms with Crippen molar-refractivity contribution < 1.29 is 28.7 Å². The van der Waals surface area contributed by atoms with E-state index in [2.05, 4.69) is 5.32 Å². The van der Waals surface area contributed by atoms with E-state index < -0.39 is 23.1 Å². The summed E-state index contributed by atoms with van der Waals surface area (Å²) in [5.74, 6) is -1.97. The van der Waals surface area contributed by atoms with Crippen molar-refractivity contribution in [3.63, 3.8) is 0 Å². The van der Waals surface area contributed by atoms with Crippen molar-refractivity contribution in [1.82, 2.24) is 0 Å². The summed E-state index contributed by atoms with van der Waals surface area (Å²) >= 11 is 6.15. The van der Waals surface area contributed by atoms with Crippen LogP contribution in [0.4, 0.5) is 11.4 Å². The van der Waals surface area contributed by atoms with E-state index in [1.54, 1.807) is 93.7 Å². The number of benzene rings is 4. The van der Waals surface area contributed by atoms with Gasteiger partial charge in [-0.1, -0.05) is 59.6 Å². The number of amides is 1. The molecule has 5 rings (SSSR count). The lowest BCUT2D eigenvalue weighted by Gasteiger charge is -2.39. The van der Waals surface area contributed by atoms with Gasteiger partial charge in [-0.3, -0.25) is 14.4 Å². The topological polar surface area (TPSA) is 102 Å². The molecule has 0 fully saturated rings. The van der Waals surface area contributed by atoms with Crippen molar-refractivity contribution in [3.05, 3.63) is 106 Å². The zero-order valence-electron chi connectivity index (χ0n) is 24.3. The van der Waals surface area contributed by atoms with Crippen LogP contribution in [0.25, 0.3) is 11.1 Å². The Morgan fingerprint density at radius 3 is 2.23 bits per heavy atom. The lowest BCUT2D eigenvalue weighted by Crippen LogP contribution is -2.53. The molecule has 1 aliphatic heterocycles. The fraction of sp³-hybridized carbons (Fsp3) is 0.176. The lowest BCUT2D eigenvalue weighted by atomic mass is 9.87. The number of carbonyl (C=O) groups is 4. The van der Waals surface area contributed by atoms with Crippen molar-refractivity contribution in [3.8, 4) is 22.6 Å². The molecule has 218 valence electrons. The van der Waals surface area contributed by atoms with Gasteiger partial charge < -0.3 is 19.7 Å². The third kappa shape index (κ3) is 5.49. The van der Waals surface area contributed by atoms with Gasteiger partial charge in [0.2, 0.25) is 11.6 Å². The number of likely N-dealkylation sites (N-methyl/N-ethyl adjacent to an activating group) is 1. The minimum atomic E-state index is -0.935. The number of methoxy groups -OCH3 is 1. The van der Waals surface area contributed by atoms with E-state index in [4.69, 9.17) is 21.1 Å². The predicted octanol–water partition coefficient (Wildman–Crippen LogP) is 6.78. The Morgan fingerprint density at radius 2 is 1.56 bits per heavy atom. The highest BCUT2D eigenvalue weighted by Crippen LogP contribution is 2.45. The minimum absolute atomic E-state index is 0.0426. The Kier molecular flexibility index (Phi) is 7.82. The molecule has 0 aromatic heterocycles. The summed E-state index contributed by atoms with van der Waals surface area (Å²) in [6.45, 7) is 5.37. The first-order chi connectivity index (χ1) is 20.4. The standard InChI is InChI=1S/C34H29ClN2O6/c1-19-10-12-20(13-11-19)30(38)31(39)28-23(16-17-26-29(28)37(4)33(41)34(2,3)36-26)22-15-14-21(18-27(22)42-5)43-32(40)24-8-6-7-9-25(24)35/h6-18,36H,1-5H3. The van der Waals surface area contributed by atoms with Gasteiger partial charge in [-0.15, -0.1) is 0 Å². The highest BCUT2D eigenvalue weighted by Gasteiger charge is 2.40. The summed E-state index contributed by atoms with van der Waals surface area (Å²) in [4.78, 5) is 55.1. The van der Waals surface area contributed by atoms with Gasteiger partial charge in [0.15, 0.2) is 0 Å². The summed E-state index contributed by atoms with van der Waals surface area (Å²) in [5.41, 5.74) is 2.11. The molecule has 0 aliphatic carbocycles. The van der Waals surface area contributed by atoms with E-state index in [1.165, 1.54) is 18.1 Å². The van der Waals surface area contributed by atoms with Crippen molar-refractivity contribution >= 4 is 46.4 Å². The Labute approximate surface area is 254 Å². The molecule has 1 N–H and O–H groups in total. The zero-order chi connectivity index (χ0) is 31.1. The summed E-state index contributed by atoms with van der Waals surface area (Å²) in [6, 6.07) is 21.4. The zero-order valence-corrected chi connectivity index (χ0v) is 25.0. The second-order valence-corrected chi connectivity index (χ2v) is 11.2. The van der Waals surface area contributed by atoms with Crippen LogP contribution in [0.3, 0.4) is 0 Å². The molecule has 9 heteroatoms. The predicted molar refractivity (Wildman–Crippen MR) is 166 cm³/mol. The Hall–Kier alpha value is -4.95. The number of carbonyl (C=O) groups excluding carboxylic acids is 4. The van der Waals surface area contributed by atoms with Gasteiger partial charge in [0.05, 0.1) is 34.6 Å². The first kappa shape index (κ1) is 29.5. The molecule has 0 atom stereocenters. The highest BCUT2D eigenvalue weighted by atomic mass is 35.5. The maximum atomic E-state index is 14.1. The van der Waals surface area contributed by atoms with Crippen LogP contribution in [0.15, 0.2) is 78.9 Å². The van der Waals surface area contributed by atoms with Gasteiger partial charge in [0.1, 0.15) is 17.0 Å². The molecule has 0 saturated carbocycles.